The highest BCUT2D eigenvalue weighted by Crippen LogP contribution is 2.24. The molecule has 1 aliphatic rings. The standard InChI is InChI=1S/C17H23N5O2/c1-11-7-13(21-24-11)16(23)18-8-12-9-22(10-12)15-6-5-14(19-20-15)17(2,3)4/h5-7,12H,8-10H2,1-4H3,(H,18,23). The summed E-state index contributed by atoms with van der Waals surface area (Å²) in [5, 5.41) is 15.2. The number of amides is 1. The van der Waals surface area contributed by atoms with E-state index in [2.05, 4.69) is 46.3 Å². The Kier molecular flexibility index (Phi) is 4.26. The number of hydrogen-bond donors (Lipinski definition) is 1. The molecule has 0 saturated carbocycles. The summed E-state index contributed by atoms with van der Waals surface area (Å²) in [6.45, 7) is 10.5. The largest absolute Gasteiger partial charge is 0.361 e. The van der Waals surface area contributed by atoms with Crippen molar-refractivity contribution in [3.8, 4) is 0 Å². The Bertz CT molecular complexity index is 711. The number of rotatable bonds is 4. The van der Waals surface area contributed by atoms with Crippen LogP contribution in [0.4, 0.5) is 5.82 Å². The van der Waals surface area contributed by atoms with Crippen molar-refractivity contribution in [3.63, 3.8) is 0 Å². The number of nitrogens with one attached hydrogen (secondary N) is 1. The first kappa shape index (κ1) is 16.4. The molecule has 0 aliphatic carbocycles. The Balaban J connectivity index is 1.46. The molecule has 1 saturated heterocycles. The van der Waals surface area contributed by atoms with Gasteiger partial charge >= 0.3 is 0 Å². The zero-order valence-corrected chi connectivity index (χ0v) is 14.5. The molecule has 3 rings (SSSR count). The summed E-state index contributed by atoms with van der Waals surface area (Å²) in [6.07, 6.45) is 0. The highest BCUT2D eigenvalue weighted by Gasteiger charge is 2.29. The van der Waals surface area contributed by atoms with Crippen LogP contribution in [0.15, 0.2) is 22.7 Å². The second-order valence-corrected chi connectivity index (χ2v) is 7.33. The summed E-state index contributed by atoms with van der Waals surface area (Å²) in [7, 11) is 0. The minimum absolute atomic E-state index is 0.00671. The third-order valence-electron chi connectivity index (χ3n) is 4.11. The van der Waals surface area contributed by atoms with Gasteiger partial charge in [-0.3, -0.25) is 4.79 Å². The van der Waals surface area contributed by atoms with E-state index in [-0.39, 0.29) is 11.3 Å². The molecule has 128 valence electrons. The first-order valence-electron chi connectivity index (χ1n) is 8.13. The van der Waals surface area contributed by atoms with Crippen molar-refractivity contribution in [1.29, 1.82) is 0 Å². The summed E-state index contributed by atoms with van der Waals surface area (Å²) in [4.78, 5) is 14.1. The number of aryl methyl sites for hydroxylation is 1. The predicted molar refractivity (Wildman–Crippen MR) is 90.0 cm³/mol. The van der Waals surface area contributed by atoms with Crippen molar-refractivity contribution < 1.29 is 9.32 Å². The molecular weight excluding hydrogens is 306 g/mol. The van der Waals surface area contributed by atoms with E-state index in [1.807, 2.05) is 12.1 Å². The van der Waals surface area contributed by atoms with Gasteiger partial charge in [0.15, 0.2) is 11.5 Å². The maximum atomic E-state index is 11.9. The fourth-order valence-corrected chi connectivity index (χ4v) is 2.58. The fraction of sp³-hybridized carbons (Fsp3) is 0.529. The molecule has 1 fully saturated rings. The number of carbonyl (C=O) groups is 1. The maximum absolute atomic E-state index is 11.9. The average Bonchev–Trinajstić information content (AvgIpc) is 2.91. The van der Waals surface area contributed by atoms with Gasteiger partial charge in [0.05, 0.1) is 5.69 Å². The third-order valence-corrected chi connectivity index (χ3v) is 4.11. The molecule has 2 aromatic rings. The van der Waals surface area contributed by atoms with E-state index in [9.17, 15) is 4.79 Å². The summed E-state index contributed by atoms with van der Waals surface area (Å²) >= 11 is 0. The van der Waals surface area contributed by atoms with Crippen LogP contribution in [0.2, 0.25) is 0 Å². The van der Waals surface area contributed by atoms with Gasteiger partial charge in [-0.15, -0.1) is 5.10 Å². The average molecular weight is 329 g/mol. The van der Waals surface area contributed by atoms with Crippen molar-refractivity contribution in [3.05, 3.63) is 35.3 Å². The Morgan fingerprint density at radius 1 is 1.33 bits per heavy atom. The van der Waals surface area contributed by atoms with Crippen molar-refractivity contribution in [1.82, 2.24) is 20.7 Å². The number of carbonyl (C=O) groups excluding carboxylic acids is 1. The van der Waals surface area contributed by atoms with E-state index >= 15 is 0 Å². The highest BCUT2D eigenvalue weighted by molar-refractivity contribution is 5.92. The lowest BCUT2D eigenvalue weighted by Crippen LogP contribution is -2.52. The molecule has 2 aromatic heterocycles. The molecule has 0 atom stereocenters. The number of hydrogen-bond acceptors (Lipinski definition) is 6. The maximum Gasteiger partial charge on any atom is 0.273 e. The van der Waals surface area contributed by atoms with Crippen LogP contribution in [0, 0.1) is 12.8 Å². The van der Waals surface area contributed by atoms with E-state index in [0.29, 0.717) is 23.9 Å². The monoisotopic (exact) mass is 329 g/mol. The summed E-state index contributed by atoms with van der Waals surface area (Å²) < 4.78 is 4.91. The molecule has 7 heteroatoms. The van der Waals surface area contributed by atoms with Crippen molar-refractivity contribution in [2.24, 2.45) is 5.92 Å². The molecule has 1 aliphatic heterocycles. The van der Waals surface area contributed by atoms with E-state index in [1.54, 1.807) is 13.0 Å². The zero-order chi connectivity index (χ0) is 17.3. The van der Waals surface area contributed by atoms with Crippen molar-refractivity contribution >= 4 is 11.7 Å². The van der Waals surface area contributed by atoms with Gasteiger partial charge in [-0.05, 0) is 19.1 Å². The van der Waals surface area contributed by atoms with Crippen molar-refractivity contribution in [2.45, 2.75) is 33.1 Å². The van der Waals surface area contributed by atoms with Gasteiger partial charge in [0.25, 0.3) is 5.91 Å². The van der Waals surface area contributed by atoms with Gasteiger partial charge in [0.1, 0.15) is 5.76 Å². The molecule has 7 nitrogen and oxygen atoms in total. The van der Waals surface area contributed by atoms with E-state index < -0.39 is 0 Å². The van der Waals surface area contributed by atoms with Crippen LogP contribution in [-0.2, 0) is 5.41 Å². The van der Waals surface area contributed by atoms with Crippen LogP contribution in [0.1, 0.15) is 42.7 Å². The quantitative estimate of drug-likeness (QED) is 0.923. The summed E-state index contributed by atoms with van der Waals surface area (Å²) in [5.41, 5.74) is 1.32. The highest BCUT2D eigenvalue weighted by atomic mass is 16.5. The Morgan fingerprint density at radius 3 is 2.62 bits per heavy atom. The van der Waals surface area contributed by atoms with Crippen LogP contribution < -0.4 is 10.2 Å². The van der Waals surface area contributed by atoms with Gasteiger partial charge in [-0.1, -0.05) is 25.9 Å². The fourth-order valence-electron chi connectivity index (χ4n) is 2.58. The van der Waals surface area contributed by atoms with Crippen LogP contribution in [-0.4, -0.2) is 40.9 Å². The normalized spacial score (nSPS) is 15.2. The molecule has 0 unspecified atom stereocenters. The van der Waals surface area contributed by atoms with E-state index in [4.69, 9.17) is 4.52 Å². The summed E-state index contributed by atoms with van der Waals surface area (Å²) in [5.74, 6) is 1.73. The van der Waals surface area contributed by atoms with Crippen LogP contribution >= 0.6 is 0 Å². The van der Waals surface area contributed by atoms with Gasteiger partial charge in [-0.25, -0.2) is 0 Å². The lowest BCUT2D eigenvalue weighted by Gasteiger charge is -2.40. The lowest BCUT2D eigenvalue weighted by molar-refractivity contribution is 0.0935. The van der Waals surface area contributed by atoms with Gasteiger partial charge in [0.2, 0.25) is 0 Å². The molecular formula is C17H23N5O2. The minimum atomic E-state index is -0.195. The third kappa shape index (κ3) is 3.55. The van der Waals surface area contributed by atoms with Gasteiger partial charge in [-0.2, -0.15) is 5.10 Å². The summed E-state index contributed by atoms with van der Waals surface area (Å²) in [6, 6.07) is 5.68. The molecule has 0 radical (unpaired) electrons. The number of anilines is 1. The Labute approximate surface area is 141 Å². The lowest BCUT2D eigenvalue weighted by atomic mass is 9.92. The number of nitrogens with zero attached hydrogens (tertiary/aromatic N) is 4. The molecule has 0 bridgehead atoms. The number of aromatic nitrogens is 3. The Morgan fingerprint density at radius 2 is 2.08 bits per heavy atom. The molecule has 1 amide bonds. The molecule has 24 heavy (non-hydrogen) atoms. The van der Waals surface area contributed by atoms with Crippen LogP contribution in [0.5, 0.6) is 0 Å². The van der Waals surface area contributed by atoms with E-state index in [0.717, 1.165) is 24.6 Å². The van der Waals surface area contributed by atoms with Gasteiger partial charge in [0, 0.05) is 37.0 Å². The molecule has 0 aromatic carbocycles. The molecule has 0 spiro atoms. The molecule has 3 heterocycles. The van der Waals surface area contributed by atoms with E-state index in [1.165, 1.54) is 0 Å². The second kappa shape index (κ2) is 6.22. The predicted octanol–water partition coefficient (Wildman–Crippen LogP) is 1.94. The van der Waals surface area contributed by atoms with Gasteiger partial charge < -0.3 is 14.7 Å². The first-order chi connectivity index (χ1) is 11.3. The first-order valence-corrected chi connectivity index (χ1v) is 8.13. The zero-order valence-electron chi connectivity index (χ0n) is 14.5. The van der Waals surface area contributed by atoms with Crippen LogP contribution in [0.25, 0.3) is 0 Å². The van der Waals surface area contributed by atoms with Crippen LogP contribution in [0.3, 0.4) is 0 Å². The minimum Gasteiger partial charge on any atom is -0.361 e. The smallest absolute Gasteiger partial charge is 0.273 e. The topological polar surface area (TPSA) is 84.2 Å². The van der Waals surface area contributed by atoms with Crippen molar-refractivity contribution in [2.75, 3.05) is 24.5 Å². The second-order valence-electron chi connectivity index (χ2n) is 7.33. The Hall–Kier alpha value is -2.44. The molecule has 1 N–H and O–H groups in total. The SMILES string of the molecule is Cc1cc(C(=O)NCC2CN(c3ccc(C(C)(C)C)nn3)C2)no1.